The Balaban J connectivity index is 0.000000614. The summed E-state index contributed by atoms with van der Waals surface area (Å²) in [6.45, 7) is 20.4. The fourth-order valence-corrected chi connectivity index (χ4v) is 4.99. The van der Waals surface area contributed by atoms with Crippen molar-refractivity contribution in [3.05, 3.63) is 71.8 Å². The molecule has 3 aromatic carbocycles. The monoisotopic (exact) mass is 374 g/mol. The molecule has 0 atom stereocenters. The number of hydrogen-bond acceptors (Lipinski definition) is 1. The summed E-state index contributed by atoms with van der Waals surface area (Å²) >= 11 is 1.89. The van der Waals surface area contributed by atoms with Crippen LogP contribution < -0.4 is 0 Å². The molecule has 4 aromatic rings. The molecule has 0 amide bonds. The van der Waals surface area contributed by atoms with E-state index in [2.05, 4.69) is 63.4 Å². The van der Waals surface area contributed by atoms with Gasteiger partial charge in [0, 0.05) is 25.6 Å². The number of aryl methyl sites for hydroxylation is 2. The summed E-state index contributed by atoms with van der Waals surface area (Å²) in [4.78, 5) is 0. The van der Waals surface area contributed by atoms with Gasteiger partial charge in [0.25, 0.3) is 0 Å². The minimum atomic E-state index is 1.20. The van der Waals surface area contributed by atoms with Crippen molar-refractivity contribution in [2.75, 3.05) is 0 Å². The first-order valence-corrected chi connectivity index (χ1v) is 10.6. The summed E-state index contributed by atoms with van der Waals surface area (Å²) in [5.41, 5.74) is 4.99. The van der Waals surface area contributed by atoms with E-state index in [1.807, 2.05) is 51.2 Å². The lowest BCUT2D eigenvalue weighted by molar-refractivity contribution is 1.42. The zero-order chi connectivity index (χ0) is 20.1. The normalized spacial score (nSPS) is 10.1. The second-order valence-corrected chi connectivity index (χ2v) is 7.00. The van der Waals surface area contributed by atoms with E-state index < -0.39 is 0 Å². The molecule has 0 nitrogen and oxygen atoms in total. The first kappa shape index (κ1) is 20.9. The van der Waals surface area contributed by atoms with Crippen LogP contribution >= 0.6 is 11.3 Å². The van der Waals surface area contributed by atoms with E-state index in [1.165, 1.54) is 53.2 Å². The van der Waals surface area contributed by atoms with Crippen molar-refractivity contribution in [3.8, 4) is 0 Å². The average molecular weight is 375 g/mol. The molecule has 4 rings (SSSR count). The minimum absolute atomic E-state index is 1.20. The standard InChI is InChI=1S/C22H18S.2C2H6/c1-5-15-13(3)17-11-12-19-18-9-7-8-10-20(18)23-22(19)21(17)14(4)16(15)6-2;2*1-2/h5-12H,1-2H2,3-4H3;2*1-2H3. The van der Waals surface area contributed by atoms with Crippen molar-refractivity contribution < 1.29 is 0 Å². The SMILES string of the molecule is C=Cc1c(C=C)c(C)c2c(ccc3c4ccccc4sc32)c1C.CC.CC. The molecule has 0 saturated heterocycles. The Kier molecular flexibility index (Phi) is 6.98. The number of thiophene rings is 1. The van der Waals surface area contributed by atoms with E-state index in [1.54, 1.807) is 0 Å². The molecule has 0 unspecified atom stereocenters. The lowest BCUT2D eigenvalue weighted by Gasteiger charge is -2.15. The Morgan fingerprint density at radius 2 is 1.26 bits per heavy atom. The van der Waals surface area contributed by atoms with Gasteiger partial charge in [0.1, 0.15) is 0 Å². The van der Waals surface area contributed by atoms with Gasteiger partial charge in [-0.3, -0.25) is 0 Å². The molecule has 0 spiro atoms. The van der Waals surface area contributed by atoms with Gasteiger partial charge >= 0.3 is 0 Å². The quantitative estimate of drug-likeness (QED) is 0.328. The molecular weight excluding hydrogens is 344 g/mol. The van der Waals surface area contributed by atoms with Crippen molar-refractivity contribution >= 4 is 54.4 Å². The highest BCUT2D eigenvalue weighted by Gasteiger charge is 2.15. The maximum atomic E-state index is 4.03. The van der Waals surface area contributed by atoms with Crippen molar-refractivity contribution in [3.63, 3.8) is 0 Å². The third kappa shape index (κ3) is 3.33. The fourth-order valence-electron chi connectivity index (χ4n) is 3.68. The molecular formula is C26H30S. The summed E-state index contributed by atoms with van der Waals surface area (Å²) in [5.74, 6) is 0. The van der Waals surface area contributed by atoms with E-state index in [-0.39, 0.29) is 0 Å². The Hall–Kier alpha value is -2.38. The first-order chi connectivity index (χ1) is 13.2. The maximum absolute atomic E-state index is 4.03. The third-order valence-electron chi connectivity index (χ3n) is 4.83. The smallest absolute Gasteiger partial charge is 0.0436 e. The Morgan fingerprint density at radius 1 is 0.704 bits per heavy atom. The lowest BCUT2D eigenvalue weighted by atomic mass is 9.89. The molecule has 0 radical (unpaired) electrons. The zero-order valence-corrected chi connectivity index (χ0v) is 18.3. The molecule has 0 saturated carbocycles. The van der Waals surface area contributed by atoms with Crippen molar-refractivity contribution in [2.24, 2.45) is 0 Å². The second-order valence-electron chi connectivity index (χ2n) is 5.95. The Morgan fingerprint density at radius 3 is 1.89 bits per heavy atom. The van der Waals surface area contributed by atoms with Crippen LogP contribution in [0.1, 0.15) is 49.9 Å². The predicted octanol–water partition coefficient (Wildman–Crippen LogP) is 9.16. The van der Waals surface area contributed by atoms with Gasteiger partial charge in [-0.05, 0) is 47.6 Å². The third-order valence-corrected chi connectivity index (χ3v) is 6.04. The summed E-state index contributed by atoms with van der Waals surface area (Å²) in [7, 11) is 0. The van der Waals surface area contributed by atoms with Gasteiger partial charge in [-0.1, -0.05) is 83.3 Å². The van der Waals surface area contributed by atoms with Crippen LogP contribution in [0.2, 0.25) is 0 Å². The fraction of sp³-hybridized carbons (Fsp3) is 0.231. The Bertz CT molecular complexity index is 1110. The molecule has 1 aromatic heterocycles. The van der Waals surface area contributed by atoms with Gasteiger partial charge < -0.3 is 0 Å². The van der Waals surface area contributed by atoms with Crippen molar-refractivity contribution in [2.45, 2.75) is 41.5 Å². The predicted molar refractivity (Wildman–Crippen MR) is 129 cm³/mol. The number of rotatable bonds is 2. The van der Waals surface area contributed by atoms with E-state index in [4.69, 9.17) is 0 Å². The van der Waals surface area contributed by atoms with E-state index in [0.29, 0.717) is 0 Å². The van der Waals surface area contributed by atoms with Gasteiger partial charge in [-0.15, -0.1) is 11.3 Å². The van der Waals surface area contributed by atoms with E-state index in [9.17, 15) is 0 Å². The van der Waals surface area contributed by atoms with Crippen LogP contribution in [0.25, 0.3) is 43.1 Å². The zero-order valence-electron chi connectivity index (χ0n) is 17.4. The van der Waals surface area contributed by atoms with Gasteiger partial charge in [0.2, 0.25) is 0 Å². The van der Waals surface area contributed by atoms with Gasteiger partial charge in [0.15, 0.2) is 0 Å². The number of hydrogen-bond donors (Lipinski definition) is 0. The summed E-state index contributed by atoms with van der Waals surface area (Å²) in [6.07, 6.45) is 3.92. The first-order valence-electron chi connectivity index (χ1n) is 9.79. The molecule has 0 aliphatic carbocycles. The molecule has 1 heteroatoms. The summed E-state index contributed by atoms with van der Waals surface area (Å²) in [6, 6.07) is 13.2. The minimum Gasteiger partial charge on any atom is -0.135 e. The molecule has 1 heterocycles. The molecule has 0 fully saturated rings. The van der Waals surface area contributed by atoms with Gasteiger partial charge in [-0.25, -0.2) is 0 Å². The average Bonchev–Trinajstić information content (AvgIpc) is 3.11. The highest BCUT2D eigenvalue weighted by atomic mass is 32.1. The Labute approximate surface area is 167 Å². The van der Waals surface area contributed by atoms with E-state index >= 15 is 0 Å². The lowest BCUT2D eigenvalue weighted by Crippen LogP contribution is -1.94. The van der Waals surface area contributed by atoms with Crippen LogP contribution in [-0.4, -0.2) is 0 Å². The van der Waals surface area contributed by atoms with Crippen LogP contribution in [0.4, 0.5) is 0 Å². The number of benzene rings is 3. The number of fused-ring (bicyclic) bond motifs is 5. The highest BCUT2D eigenvalue weighted by Crippen LogP contribution is 2.42. The van der Waals surface area contributed by atoms with E-state index in [0.717, 1.165) is 0 Å². The second kappa shape index (κ2) is 9.01. The van der Waals surface area contributed by atoms with Crippen LogP contribution in [0.5, 0.6) is 0 Å². The van der Waals surface area contributed by atoms with Crippen LogP contribution in [0, 0.1) is 13.8 Å². The molecule has 140 valence electrons. The molecule has 0 bridgehead atoms. The molecule has 0 aliphatic heterocycles. The van der Waals surface area contributed by atoms with Gasteiger partial charge in [0.05, 0.1) is 0 Å². The topological polar surface area (TPSA) is 0 Å². The largest absolute Gasteiger partial charge is 0.135 e. The summed E-state index contributed by atoms with van der Waals surface area (Å²) < 4.78 is 2.73. The van der Waals surface area contributed by atoms with Crippen LogP contribution in [-0.2, 0) is 0 Å². The highest BCUT2D eigenvalue weighted by molar-refractivity contribution is 7.26. The maximum Gasteiger partial charge on any atom is 0.0436 e. The van der Waals surface area contributed by atoms with Gasteiger partial charge in [-0.2, -0.15) is 0 Å². The van der Waals surface area contributed by atoms with Crippen molar-refractivity contribution in [1.82, 2.24) is 0 Å². The molecule has 27 heavy (non-hydrogen) atoms. The molecule has 0 N–H and O–H groups in total. The van der Waals surface area contributed by atoms with Crippen LogP contribution in [0.3, 0.4) is 0 Å². The van der Waals surface area contributed by atoms with Crippen molar-refractivity contribution in [1.29, 1.82) is 0 Å². The molecule has 0 aliphatic rings. The van der Waals surface area contributed by atoms with Crippen LogP contribution in [0.15, 0.2) is 49.6 Å². The summed E-state index contributed by atoms with van der Waals surface area (Å²) in [5, 5.41) is 5.38.